The molecule has 0 aromatic rings. The minimum atomic E-state index is -1.81. The first-order valence-corrected chi connectivity index (χ1v) is 8.87. The fourth-order valence-corrected chi connectivity index (χ4v) is 5.16. The Morgan fingerprint density at radius 1 is 0.933 bits per heavy atom. The third kappa shape index (κ3) is 8.08. The molecule has 0 aliphatic heterocycles. The summed E-state index contributed by atoms with van der Waals surface area (Å²) >= 11 is 0. The van der Waals surface area contributed by atoms with Crippen LogP contribution >= 0.6 is 7.14 Å². The maximum atomic E-state index is 12.6. The summed E-state index contributed by atoms with van der Waals surface area (Å²) in [6.07, 6.45) is 8.79. The van der Waals surface area contributed by atoms with Gasteiger partial charge in [-0.05, 0) is 25.2 Å². The van der Waals surface area contributed by atoms with Crippen LogP contribution in [0.25, 0.3) is 0 Å². The Morgan fingerprint density at radius 2 is 1.40 bits per heavy atom. The second kappa shape index (κ2) is 8.39. The molecule has 0 spiro atoms. The summed E-state index contributed by atoms with van der Waals surface area (Å²) in [6, 6.07) is 0. The number of hydrogen-bond donors (Lipinski definition) is 0. The second-order valence-electron chi connectivity index (χ2n) is 5.12. The normalized spacial score (nSPS) is 12.3. The van der Waals surface area contributed by atoms with Crippen molar-refractivity contribution in [3.63, 3.8) is 0 Å². The van der Waals surface area contributed by atoms with Crippen molar-refractivity contribution in [3.8, 4) is 0 Å². The van der Waals surface area contributed by atoms with Crippen molar-refractivity contribution < 1.29 is 4.57 Å². The molecule has 0 rings (SSSR count). The van der Waals surface area contributed by atoms with E-state index in [1.807, 2.05) is 0 Å². The molecular formula is C13H29OP. The summed E-state index contributed by atoms with van der Waals surface area (Å²) in [5, 5.41) is 0. The topological polar surface area (TPSA) is 17.1 Å². The highest BCUT2D eigenvalue weighted by molar-refractivity contribution is 7.63. The molecule has 0 bridgehead atoms. The van der Waals surface area contributed by atoms with Crippen LogP contribution in [0.2, 0.25) is 0 Å². The van der Waals surface area contributed by atoms with Gasteiger partial charge in [0.05, 0.1) is 7.14 Å². The molecule has 0 aliphatic carbocycles. The van der Waals surface area contributed by atoms with Crippen LogP contribution < -0.4 is 0 Å². The highest BCUT2D eigenvalue weighted by atomic mass is 31.2. The molecule has 0 unspecified atom stereocenters. The zero-order valence-corrected chi connectivity index (χ0v) is 12.0. The summed E-state index contributed by atoms with van der Waals surface area (Å²) in [6.45, 7) is 8.83. The lowest BCUT2D eigenvalue weighted by atomic mass is 10.2. The van der Waals surface area contributed by atoms with Crippen LogP contribution in [0.5, 0.6) is 0 Å². The van der Waals surface area contributed by atoms with Gasteiger partial charge in [-0.25, -0.2) is 0 Å². The summed E-state index contributed by atoms with van der Waals surface area (Å²) < 4.78 is 12.6. The first kappa shape index (κ1) is 15.2. The second-order valence-corrected chi connectivity index (χ2v) is 8.58. The van der Waals surface area contributed by atoms with Crippen molar-refractivity contribution in [1.82, 2.24) is 0 Å². The average Bonchev–Trinajstić information content (AvgIpc) is 2.21. The van der Waals surface area contributed by atoms with E-state index in [-0.39, 0.29) is 0 Å². The van der Waals surface area contributed by atoms with E-state index in [0.717, 1.165) is 37.7 Å². The van der Waals surface area contributed by atoms with Crippen LogP contribution in [0.4, 0.5) is 0 Å². The lowest BCUT2D eigenvalue weighted by Gasteiger charge is -2.18. The van der Waals surface area contributed by atoms with Gasteiger partial charge < -0.3 is 4.57 Å². The molecule has 0 heterocycles. The van der Waals surface area contributed by atoms with E-state index >= 15 is 0 Å². The minimum Gasteiger partial charge on any atom is -0.324 e. The molecule has 0 aliphatic rings. The zero-order chi connectivity index (χ0) is 11.7. The predicted molar refractivity (Wildman–Crippen MR) is 71.5 cm³/mol. The molecule has 15 heavy (non-hydrogen) atoms. The molecule has 0 saturated carbocycles. The van der Waals surface area contributed by atoms with Gasteiger partial charge in [0.25, 0.3) is 0 Å². The molecule has 2 heteroatoms. The van der Waals surface area contributed by atoms with E-state index in [1.54, 1.807) is 0 Å². The Morgan fingerprint density at radius 3 is 1.73 bits per heavy atom. The Bertz CT molecular complexity index is 175. The lowest BCUT2D eigenvalue weighted by molar-refractivity contribution is 0.556. The molecule has 0 atom stereocenters. The molecule has 1 nitrogen and oxygen atoms in total. The van der Waals surface area contributed by atoms with Gasteiger partial charge in [-0.3, -0.25) is 0 Å². The Balaban J connectivity index is 4.08. The Hall–Kier alpha value is 0.230. The summed E-state index contributed by atoms with van der Waals surface area (Å²) in [5.41, 5.74) is 0. The fourth-order valence-electron chi connectivity index (χ4n) is 1.72. The van der Waals surface area contributed by atoms with Crippen molar-refractivity contribution in [1.29, 1.82) is 0 Å². The molecule has 0 N–H and O–H groups in total. The van der Waals surface area contributed by atoms with Crippen molar-refractivity contribution in [2.45, 2.75) is 59.8 Å². The third-order valence-corrected chi connectivity index (χ3v) is 6.29. The van der Waals surface area contributed by atoms with E-state index in [4.69, 9.17) is 0 Å². The zero-order valence-electron chi connectivity index (χ0n) is 11.1. The first-order valence-electron chi connectivity index (χ1n) is 6.61. The van der Waals surface area contributed by atoms with Gasteiger partial charge >= 0.3 is 0 Å². The van der Waals surface area contributed by atoms with Crippen LogP contribution in [0.3, 0.4) is 0 Å². The van der Waals surface area contributed by atoms with E-state index < -0.39 is 7.14 Å². The van der Waals surface area contributed by atoms with Crippen molar-refractivity contribution >= 4 is 7.14 Å². The molecule has 0 aromatic heterocycles. The van der Waals surface area contributed by atoms with Crippen LogP contribution in [-0.4, -0.2) is 18.5 Å². The third-order valence-electron chi connectivity index (χ3n) is 2.95. The van der Waals surface area contributed by atoms with Gasteiger partial charge in [0.15, 0.2) is 0 Å². The Kier molecular flexibility index (Phi) is 8.52. The molecule has 0 saturated heterocycles. The quantitative estimate of drug-likeness (QED) is 0.511. The minimum absolute atomic E-state index is 0.696. The maximum absolute atomic E-state index is 12.6. The van der Waals surface area contributed by atoms with Gasteiger partial charge in [0, 0.05) is 18.5 Å². The highest BCUT2D eigenvalue weighted by Crippen LogP contribution is 2.48. The monoisotopic (exact) mass is 232 g/mol. The van der Waals surface area contributed by atoms with Crippen molar-refractivity contribution in [2.75, 3.05) is 18.5 Å². The van der Waals surface area contributed by atoms with E-state index in [2.05, 4.69) is 27.7 Å². The molecule has 0 amide bonds. The SMILES string of the molecule is CCCCP(=O)(CCCC)CCC(C)C. The molecule has 92 valence electrons. The first-order chi connectivity index (χ1) is 7.04. The number of hydrogen-bond acceptors (Lipinski definition) is 1. The van der Waals surface area contributed by atoms with Crippen LogP contribution in [-0.2, 0) is 4.57 Å². The van der Waals surface area contributed by atoms with E-state index in [9.17, 15) is 4.57 Å². The van der Waals surface area contributed by atoms with Crippen molar-refractivity contribution in [2.24, 2.45) is 5.92 Å². The highest BCUT2D eigenvalue weighted by Gasteiger charge is 2.20. The van der Waals surface area contributed by atoms with Crippen molar-refractivity contribution in [3.05, 3.63) is 0 Å². The van der Waals surface area contributed by atoms with E-state index in [0.29, 0.717) is 5.92 Å². The smallest absolute Gasteiger partial charge is 0.0877 e. The van der Waals surface area contributed by atoms with E-state index in [1.165, 1.54) is 12.8 Å². The largest absolute Gasteiger partial charge is 0.324 e. The molecular weight excluding hydrogens is 203 g/mol. The van der Waals surface area contributed by atoms with Crippen LogP contribution in [0.15, 0.2) is 0 Å². The average molecular weight is 232 g/mol. The standard InChI is InChI=1S/C13H29OP/c1-5-7-10-15(14,11-8-6-2)12-9-13(3)4/h13H,5-12H2,1-4H3. The fraction of sp³-hybridized carbons (Fsp3) is 1.00. The molecule has 0 aromatic carbocycles. The van der Waals surface area contributed by atoms with Crippen LogP contribution in [0.1, 0.15) is 59.8 Å². The van der Waals surface area contributed by atoms with Crippen LogP contribution in [0, 0.1) is 5.92 Å². The predicted octanol–water partition coefficient (Wildman–Crippen LogP) is 5.00. The summed E-state index contributed by atoms with van der Waals surface area (Å²) in [5.74, 6) is 0.696. The van der Waals surface area contributed by atoms with Gasteiger partial charge in [-0.15, -0.1) is 0 Å². The lowest BCUT2D eigenvalue weighted by Crippen LogP contribution is -2.03. The van der Waals surface area contributed by atoms with Gasteiger partial charge in [-0.1, -0.05) is 40.5 Å². The summed E-state index contributed by atoms with van der Waals surface area (Å²) in [4.78, 5) is 0. The van der Waals surface area contributed by atoms with Gasteiger partial charge in [0.1, 0.15) is 0 Å². The summed E-state index contributed by atoms with van der Waals surface area (Å²) in [7, 11) is -1.81. The van der Waals surface area contributed by atoms with Gasteiger partial charge in [-0.2, -0.15) is 0 Å². The number of rotatable bonds is 9. The Labute approximate surface area is 96.4 Å². The number of unbranched alkanes of at least 4 members (excludes halogenated alkanes) is 2. The maximum Gasteiger partial charge on any atom is 0.0877 e. The molecule has 0 fully saturated rings. The van der Waals surface area contributed by atoms with Gasteiger partial charge in [0.2, 0.25) is 0 Å². The molecule has 0 radical (unpaired) electrons.